The fourth-order valence-electron chi connectivity index (χ4n) is 1.78. The highest BCUT2D eigenvalue weighted by molar-refractivity contribution is 7.89. The Hall–Kier alpha value is -1.64. The molecule has 3 N–H and O–H groups in total. The molecule has 8 heteroatoms. The lowest BCUT2D eigenvalue weighted by atomic mass is 10.1. The second-order valence-corrected chi connectivity index (χ2v) is 6.14. The number of aliphatic hydroxyl groups is 1. The second-order valence-electron chi connectivity index (χ2n) is 4.45. The van der Waals surface area contributed by atoms with Crippen molar-refractivity contribution in [1.29, 1.82) is 0 Å². The molecule has 0 aliphatic rings. The first-order chi connectivity index (χ1) is 9.83. The number of carboxylic acids is 1. The third kappa shape index (κ3) is 4.69. The van der Waals surface area contributed by atoms with Gasteiger partial charge in [0.05, 0.1) is 25.0 Å². The van der Waals surface area contributed by atoms with Gasteiger partial charge in [0.2, 0.25) is 10.0 Å². The number of carbonyl (C=O) groups is 1. The standard InChI is InChI=1S/C13H19NO6S/c1-3-10(8-15)14-21(18,19)12-5-4-11(20-2)6-9(12)7-13(16)17/h4-6,10,14-15H,3,7-8H2,1-2H3,(H,16,17). The smallest absolute Gasteiger partial charge is 0.307 e. The van der Waals surface area contributed by atoms with Crippen LogP contribution in [0.1, 0.15) is 18.9 Å². The summed E-state index contributed by atoms with van der Waals surface area (Å²) in [4.78, 5) is 10.8. The van der Waals surface area contributed by atoms with Gasteiger partial charge in [0.25, 0.3) is 0 Å². The van der Waals surface area contributed by atoms with Crippen molar-refractivity contribution in [1.82, 2.24) is 4.72 Å². The van der Waals surface area contributed by atoms with Gasteiger partial charge in [-0.2, -0.15) is 0 Å². The SMILES string of the molecule is CCC(CO)NS(=O)(=O)c1ccc(OC)cc1CC(=O)O. The molecule has 118 valence electrons. The number of carboxylic acid groups (broad SMARTS) is 1. The van der Waals surface area contributed by atoms with Gasteiger partial charge in [0.15, 0.2) is 0 Å². The summed E-state index contributed by atoms with van der Waals surface area (Å²) in [6.07, 6.45) is -0.0243. The zero-order valence-electron chi connectivity index (χ0n) is 11.9. The van der Waals surface area contributed by atoms with Gasteiger partial charge in [-0.15, -0.1) is 0 Å². The molecule has 1 rings (SSSR count). The monoisotopic (exact) mass is 317 g/mol. The minimum absolute atomic E-state index is 0.127. The minimum atomic E-state index is -3.91. The predicted octanol–water partition coefficient (Wildman–Crippen LogP) is 0.371. The maximum Gasteiger partial charge on any atom is 0.307 e. The maximum atomic E-state index is 12.3. The Morgan fingerprint density at radius 1 is 1.43 bits per heavy atom. The van der Waals surface area contributed by atoms with E-state index < -0.39 is 28.5 Å². The molecule has 1 aromatic carbocycles. The van der Waals surface area contributed by atoms with E-state index in [0.29, 0.717) is 12.2 Å². The molecular formula is C13H19NO6S. The van der Waals surface area contributed by atoms with Crippen molar-refractivity contribution in [2.75, 3.05) is 13.7 Å². The van der Waals surface area contributed by atoms with Crippen molar-refractivity contribution in [3.05, 3.63) is 23.8 Å². The summed E-state index contributed by atoms with van der Waals surface area (Å²) in [5, 5.41) is 18.0. The average Bonchev–Trinajstić information content (AvgIpc) is 2.43. The number of ether oxygens (including phenoxy) is 1. The number of hydrogen-bond donors (Lipinski definition) is 3. The third-order valence-corrected chi connectivity index (χ3v) is 4.55. The van der Waals surface area contributed by atoms with E-state index in [9.17, 15) is 13.2 Å². The molecule has 0 amide bonds. The van der Waals surface area contributed by atoms with Crippen LogP contribution in [-0.2, 0) is 21.2 Å². The Balaban J connectivity index is 3.23. The van der Waals surface area contributed by atoms with Gasteiger partial charge in [-0.05, 0) is 30.2 Å². The molecule has 0 radical (unpaired) electrons. The van der Waals surface area contributed by atoms with E-state index in [1.807, 2.05) is 0 Å². The summed E-state index contributed by atoms with van der Waals surface area (Å²) in [5.74, 6) is -0.770. The van der Waals surface area contributed by atoms with E-state index >= 15 is 0 Å². The van der Waals surface area contributed by atoms with Gasteiger partial charge >= 0.3 is 5.97 Å². The Morgan fingerprint density at radius 2 is 2.10 bits per heavy atom. The molecule has 1 atom stereocenters. The molecule has 0 heterocycles. The number of rotatable bonds is 8. The van der Waals surface area contributed by atoms with Crippen LogP contribution in [0.4, 0.5) is 0 Å². The summed E-state index contributed by atoms with van der Waals surface area (Å²) >= 11 is 0. The van der Waals surface area contributed by atoms with E-state index in [2.05, 4.69) is 4.72 Å². The quantitative estimate of drug-likeness (QED) is 0.638. The van der Waals surface area contributed by atoms with Gasteiger partial charge in [-0.3, -0.25) is 4.79 Å². The first kappa shape index (κ1) is 17.4. The molecule has 0 bridgehead atoms. The van der Waals surface area contributed by atoms with Crippen molar-refractivity contribution >= 4 is 16.0 Å². The maximum absolute atomic E-state index is 12.3. The van der Waals surface area contributed by atoms with Crippen LogP contribution in [-0.4, -0.2) is 44.4 Å². The zero-order chi connectivity index (χ0) is 16.0. The molecule has 0 saturated carbocycles. The highest BCUT2D eigenvalue weighted by Gasteiger charge is 2.23. The van der Waals surface area contributed by atoms with E-state index in [1.165, 1.54) is 25.3 Å². The van der Waals surface area contributed by atoms with Crippen molar-refractivity contribution < 1.29 is 28.2 Å². The topological polar surface area (TPSA) is 113 Å². The Labute approximate surface area is 123 Å². The first-order valence-corrected chi connectivity index (χ1v) is 7.84. The molecule has 0 spiro atoms. The van der Waals surface area contributed by atoms with Crippen LogP contribution in [0.2, 0.25) is 0 Å². The number of sulfonamides is 1. The molecule has 0 aromatic heterocycles. The summed E-state index contributed by atoms with van der Waals surface area (Å²) in [5.41, 5.74) is 0.127. The van der Waals surface area contributed by atoms with Crippen LogP contribution in [0.15, 0.2) is 23.1 Å². The van der Waals surface area contributed by atoms with Crippen LogP contribution >= 0.6 is 0 Å². The zero-order valence-corrected chi connectivity index (χ0v) is 12.7. The third-order valence-electron chi connectivity index (χ3n) is 2.93. The summed E-state index contributed by atoms with van der Waals surface area (Å²) in [6, 6.07) is 3.50. The molecule has 0 fully saturated rings. The van der Waals surface area contributed by atoms with Gasteiger partial charge in [-0.25, -0.2) is 13.1 Å². The highest BCUT2D eigenvalue weighted by atomic mass is 32.2. The van der Waals surface area contributed by atoms with Crippen molar-refractivity contribution in [3.8, 4) is 5.75 Å². The lowest BCUT2D eigenvalue weighted by molar-refractivity contribution is -0.136. The highest BCUT2D eigenvalue weighted by Crippen LogP contribution is 2.22. The van der Waals surface area contributed by atoms with Crippen LogP contribution < -0.4 is 9.46 Å². The largest absolute Gasteiger partial charge is 0.497 e. The minimum Gasteiger partial charge on any atom is -0.497 e. The van der Waals surface area contributed by atoms with Crippen LogP contribution in [0.3, 0.4) is 0 Å². The number of hydrogen-bond acceptors (Lipinski definition) is 5. The normalized spacial score (nSPS) is 12.9. The lowest BCUT2D eigenvalue weighted by Gasteiger charge is -2.16. The van der Waals surface area contributed by atoms with Crippen LogP contribution in [0.25, 0.3) is 0 Å². The van der Waals surface area contributed by atoms with E-state index in [1.54, 1.807) is 6.92 Å². The fraction of sp³-hybridized carbons (Fsp3) is 0.462. The van der Waals surface area contributed by atoms with E-state index in [4.69, 9.17) is 14.9 Å². The number of aliphatic hydroxyl groups excluding tert-OH is 1. The molecule has 21 heavy (non-hydrogen) atoms. The molecule has 0 aliphatic heterocycles. The molecule has 1 aromatic rings. The molecule has 0 aliphatic carbocycles. The van der Waals surface area contributed by atoms with E-state index in [-0.39, 0.29) is 17.1 Å². The Bertz CT molecular complexity index is 595. The number of benzene rings is 1. The Kier molecular flexibility index (Phi) is 6.13. The lowest BCUT2D eigenvalue weighted by Crippen LogP contribution is -2.37. The van der Waals surface area contributed by atoms with Gasteiger partial charge in [0.1, 0.15) is 5.75 Å². The fourth-order valence-corrected chi connectivity index (χ4v) is 3.31. The summed E-state index contributed by atoms with van der Waals surface area (Å²) < 4.78 is 31.9. The Morgan fingerprint density at radius 3 is 2.57 bits per heavy atom. The molecule has 0 saturated heterocycles. The van der Waals surface area contributed by atoms with Crippen molar-refractivity contribution in [3.63, 3.8) is 0 Å². The van der Waals surface area contributed by atoms with Crippen LogP contribution in [0.5, 0.6) is 5.75 Å². The number of methoxy groups -OCH3 is 1. The van der Waals surface area contributed by atoms with Crippen molar-refractivity contribution in [2.24, 2.45) is 0 Å². The average molecular weight is 317 g/mol. The summed E-state index contributed by atoms with van der Waals surface area (Å²) in [7, 11) is -2.51. The summed E-state index contributed by atoms with van der Waals surface area (Å²) in [6.45, 7) is 1.40. The van der Waals surface area contributed by atoms with Gasteiger partial charge in [0, 0.05) is 6.04 Å². The molecule has 1 unspecified atom stereocenters. The van der Waals surface area contributed by atoms with E-state index in [0.717, 1.165) is 0 Å². The van der Waals surface area contributed by atoms with Crippen LogP contribution in [0, 0.1) is 0 Å². The van der Waals surface area contributed by atoms with Crippen molar-refractivity contribution in [2.45, 2.75) is 30.7 Å². The molecular weight excluding hydrogens is 298 g/mol. The predicted molar refractivity (Wildman–Crippen MR) is 75.8 cm³/mol. The number of aliphatic carboxylic acids is 1. The second kappa shape index (κ2) is 7.39. The first-order valence-electron chi connectivity index (χ1n) is 6.36. The van der Waals surface area contributed by atoms with Gasteiger partial charge < -0.3 is 14.9 Å². The number of nitrogens with one attached hydrogen (secondary N) is 1. The van der Waals surface area contributed by atoms with Gasteiger partial charge in [-0.1, -0.05) is 6.92 Å². The molecule has 7 nitrogen and oxygen atoms in total.